The van der Waals surface area contributed by atoms with E-state index in [1.807, 2.05) is 0 Å². The fourth-order valence-electron chi connectivity index (χ4n) is 8.96. The summed E-state index contributed by atoms with van der Waals surface area (Å²) in [4.78, 5) is 12.2. The molecular formula is C23H34O3. The van der Waals surface area contributed by atoms with Gasteiger partial charge in [-0.1, -0.05) is 13.0 Å². The predicted octanol–water partition coefficient (Wildman–Crippen LogP) is 4.35. The lowest BCUT2D eigenvalue weighted by Gasteiger charge is -2.49. The summed E-state index contributed by atoms with van der Waals surface area (Å²) < 4.78 is 5.84. The number of aliphatic hydroxyl groups is 1. The van der Waals surface area contributed by atoms with Gasteiger partial charge in [0.1, 0.15) is 6.10 Å². The molecule has 144 valence electrons. The van der Waals surface area contributed by atoms with Crippen LogP contribution < -0.4 is 0 Å². The summed E-state index contributed by atoms with van der Waals surface area (Å²) in [5.74, 6) is 6.26. The molecular weight excluding hydrogens is 324 g/mol. The Balaban J connectivity index is 1.44. The van der Waals surface area contributed by atoms with Crippen LogP contribution in [-0.2, 0) is 9.53 Å². The van der Waals surface area contributed by atoms with Crippen LogP contribution in [0.1, 0.15) is 64.7 Å². The van der Waals surface area contributed by atoms with Crippen molar-refractivity contribution in [2.24, 2.45) is 46.8 Å². The number of esters is 1. The Bertz CT molecular complexity index is 613. The highest BCUT2D eigenvalue weighted by atomic mass is 16.5. The number of aliphatic hydroxyl groups excluding tert-OH is 1. The van der Waals surface area contributed by atoms with E-state index < -0.39 is 0 Å². The molecule has 0 aliphatic heterocycles. The molecule has 0 aromatic carbocycles. The lowest BCUT2D eigenvalue weighted by atomic mass is 9.56. The Hall–Kier alpha value is -0.830. The van der Waals surface area contributed by atoms with Gasteiger partial charge in [-0.3, -0.25) is 0 Å². The molecule has 5 rings (SSSR count). The van der Waals surface area contributed by atoms with Gasteiger partial charge in [-0.2, -0.15) is 0 Å². The van der Waals surface area contributed by atoms with E-state index in [0.717, 1.165) is 47.8 Å². The number of hydrogen-bond acceptors (Lipinski definition) is 3. The molecule has 5 fully saturated rings. The maximum Gasteiger partial charge on any atom is 0.333 e. The third kappa shape index (κ3) is 2.25. The van der Waals surface area contributed by atoms with Crippen molar-refractivity contribution in [2.75, 3.05) is 6.61 Å². The van der Waals surface area contributed by atoms with Crippen molar-refractivity contribution < 1.29 is 14.6 Å². The molecule has 0 aromatic rings. The van der Waals surface area contributed by atoms with Crippen molar-refractivity contribution in [1.82, 2.24) is 0 Å². The third-order valence-corrected chi connectivity index (χ3v) is 9.29. The highest BCUT2D eigenvalue weighted by molar-refractivity contribution is 5.87. The van der Waals surface area contributed by atoms with Crippen LogP contribution in [0.3, 0.4) is 0 Å². The van der Waals surface area contributed by atoms with Crippen molar-refractivity contribution in [3.63, 3.8) is 0 Å². The maximum absolute atomic E-state index is 12.2. The molecule has 9 atom stereocenters. The van der Waals surface area contributed by atoms with Gasteiger partial charge in [0.05, 0.1) is 0 Å². The highest BCUT2D eigenvalue weighted by Gasteiger charge is 2.72. The lowest BCUT2D eigenvalue weighted by Crippen LogP contribution is -2.45. The molecule has 0 radical (unpaired) electrons. The Morgan fingerprint density at radius 3 is 2.81 bits per heavy atom. The van der Waals surface area contributed by atoms with Gasteiger partial charge in [-0.15, -0.1) is 0 Å². The van der Waals surface area contributed by atoms with Gasteiger partial charge < -0.3 is 9.84 Å². The molecule has 0 spiro atoms. The summed E-state index contributed by atoms with van der Waals surface area (Å²) in [6.07, 6.45) is 11.4. The molecule has 5 aliphatic carbocycles. The Labute approximate surface area is 157 Å². The van der Waals surface area contributed by atoms with Crippen molar-refractivity contribution in [1.29, 1.82) is 0 Å². The molecule has 0 amide bonds. The monoisotopic (exact) mass is 358 g/mol. The van der Waals surface area contributed by atoms with Crippen molar-refractivity contribution in [2.45, 2.75) is 70.8 Å². The number of ether oxygens (including phenoxy) is 1. The molecule has 26 heavy (non-hydrogen) atoms. The van der Waals surface area contributed by atoms with Gasteiger partial charge in [-0.25, -0.2) is 4.79 Å². The van der Waals surface area contributed by atoms with Crippen LogP contribution in [0.5, 0.6) is 0 Å². The van der Waals surface area contributed by atoms with Crippen LogP contribution in [0.25, 0.3) is 0 Å². The summed E-state index contributed by atoms with van der Waals surface area (Å²) in [6, 6.07) is 0. The fraction of sp³-hybridized carbons (Fsp3) is 0.870. The molecule has 3 heteroatoms. The highest BCUT2D eigenvalue weighted by Crippen LogP contribution is 2.79. The van der Waals surface area contributed by atoms with Crippen LogP contribution in [0.4, 0.5) is 0 Å². The summed E-state index contributed by atoms with van der Waals surface area (Å²) in [7, 11) is 0. The van der Waals surface area contributed by atoms with Gasteiger partial charge in [0.25, 0.3) is 0 Å². The zero-order chi connectivity index (χ0) is 18.1. The Kier molecular flexibility index (Phi) is 4.05. The minimum Gasteiger partial charge on any atom is -0.459 e. The normalized spacial score (nSPS) is 48.5. The first-order valence-corrected chi connectivity index (χ1v) is 11.0. The van der Waals surface area contributed by atoms with E-state index in [9.17, 15) is 9.90 Å². The van der Waals surface area contributed by atoms with Crippen LogP contribution in [0.15, 0.2) is 12.2 Å². The van der Waals surface area contributed by atoms with Crippen molar-refractivity contribution in [3.05, 3.63) is 12.2 Å². The van der Waals surface area contributed by atoms with E-state index in [4.69, 9.17) is 4.74 Å². The first-order valence-electron chi connectivity index (χ1n) is 11.0. The predicted molar refractivity (Wildman–Crippen MR) is 100 cm³/mol. The molecule has 4 bridgehead atoms. The van der Waals surface area contributed by atoms with Crippen LogP contribution in [-0.4, -0.2) is 23.8 Å². The second kappa shape index (κ2) is 6.09. The van der Waals surface area contributed by atoms with Gasteiger partial charge in [-0.05, 0) is 98.7 Å². The zero-order valence-electron chi connectivity index (χ0n) is 16.2. The van der Waals surface area contributed by atoms with Crippen LogP contribution in [0, 0.1) is 46.8 Å². The SMILES string of the molecule is C=C(C)C(=O)OC(CCO)CC12CC(C3CCCC31)C1C3CCC(C3)C12. The molecule has 9 unspecified atom stereocenters. The molecule has 5 aliphatic rings. The Morgan fingerprint density at radius 2 is 2.04 bits per heavy atom. The summed E-state index contributed by atoms with van der Waals surface area (Å²) in [5.41, 5.74) is 0.864. The Morgan fingerprint density at radius 1 is 1.23 bits per heavy atom. The largest absolute Gasteiger partial charge is 0.459 e. The number of carbonyl (C=O) groups excluding carboxylic acids is 1. The minimum absolute atomic E-state index is 0.0991. The van der Waals surface area contributed by atoms with Crippen LogP contribution in [0.2, 0.25) is 0 Å². The minimum atomic E-state index is -0.278. The lowest BCUT2D eigenvalue weighted by molar-refractivity contribution is -0.148. The summed E-state index contributed by atoms with van der Waals surface area (Å²) in [5, 5.41) is 9.60. The third-order valence-electron chi connectivity index (χ3n) is 9.29. The molecule has 5 saturated carbocycles. The smallest absolute Gasteiger partial charge is 0.333 e. The summed E-state index contributed by atoms with van der Waals surface area (Å²) in [6.45, 7) is 5.56. The average Bonchev–Trinajstić information content (AvgIpc) is 3.37. The van der Waals surface area contributed by atoms with Gasteiger partial charge in [0.2, 0.25) is 0 Å². The molecule has 0 heterocycles. The quantitative estimate of drug-likeness (QED) is 0.436. The van der Waals surface area contributed by atoms with Crippen molar-refractivity contribution >= 4 is 5.97 Å². The molecule has 3 nitrogen and oxygen atoms in total. The van der Waals surface area contributed by atoms with E-state index in [1.165, 1.54) is 44.9 Å². The van der Waals surface area contributed by atoms with E-state index >= 15 is 0 Å². The number of hydrogen-bond donors (Lipinski definition) is 1. The van der Waals surface area contributed by atoms with Gasteiger partial charge in [0, 0.05) is 18.6 Å². The molecule has 0 saturated heterocycles. The first-order chi connectivity index (χ1) is 12.5. The van der Waals surface area contributed by atoms with E-state index in [0.29, 0.717) is 17.4 Å². The van der Waals surface area contributed by atoms with Crippen LogP contribution >= 0.6 is 0 Å². The molecule has 1 N–H and O–H groups in total. The second-order valence-electron chi connectivity index (χ2n) is 10.3. The average molecular weight is 359 g/mol. The second-order valence-corrected chi connectivity index (χ2v) is 10.3. The van der Waals surface area contributed by atoms with Gasteiger partial charge >= 0.3 is 5.97 Å². The number of fused-ring (bicyclic) bond motifs is 12. The van der Waals surface area contributed by atoms with E-state index in [1.54, 1.807) is 6.92 Å². The zero-order valence-corrected chi connectivity index (χ0v) is 16.2. The topological polar surface area (TPSA) is 46.5 Å². The number of rotatable bonds is 6. The number of carbonyl (C=O) groups is 1. The van der Waals surface area contributed by atoms with Gasteiger partial charge in [0.15, 0.2) is 0 Å². The molecule has 0 aromatic heterocycles. The first kappa shape index (κ1) is 17.3. The summed E-state index contributed by atoms with van der Waals surface area (Å²) >= 11 is 0. The van der Waals surface area contributed by atoms with Crippen molar-refractivity contribution in [3.8, 4) is 0 Å². The maximum atomic E-state index is 12.2. The standard InChI is InChI=1S/C23H34O3/c1-13(2)22(25)26-16(8-9-24)11-23-12-18(17-4-3-5-19(17)23)20-14-6-7-15(10-14)21(20)23/h14-21,24H,1,3-12H2,2H3. The fourth-order valence-corrected chi connectivity index (χ4v) is 8.96. The van der Waals surface area contributed by atoms with E-state index in [-0.39, 0.29) is 18.7 Å². The van der Waals surface area contributed by atoms with E-state index in [2.05, 4.69) is 6.58 Å².